The molecule has 0 saturated carbocycles. The minimum absolute atomic E-state index is 0.191. The summed E-state index contributed by atoms with van der Waals surface area (Å²) >= 11 is 0. The van der Waals surface area contributed by atoms with Crippen molar-refractivity contribution in [1.29, 1.82) is 0 Å². The molecule has 4 rings (SSSR count). The number of carbonyl (C=O) groups excluding carboxylic acids is 1. The molecule has 0 bridgehead atoms. The Morgan fingerprint density at radius 3 is 2.42 bits per heavy atom. The van der Waals surface area contributed by atoms with Gasteiger partial charge in [-0.3, -0.25) is 9.69 Å². The Bertz CT molecular complexity index is 963. The highest BCUT2D eigenvalue weighted by atomic mass is 16.5. The van der Waals surface area contributed by atoms with Crippen molar-refractivity contribution in [2.45, 2.75) is 6.54 Å². The van der Waals surface area contributed by atoms with E-state index in [1.54, 1.807) is 23.5 Å². The lowest BCUT2D eigenvalue weighted by Gasteiger charge is -2.21. The normalized spacial score (nSPS) is 10.6. The van der Waals surface area contributed by atoms with Gasteiger partial charge in [-0.05, 0) is 23.3 Å². The van der Waals surface area contributed by atoms with Crippen molar-refractivity contribution in [3.63, 3.8) is 0 Å². The molecule has 0 aliphatic heterocycles. The minimum atomic E-state index is -0.260. The summed E-state index contributed by atoms with van der Waals surface area (Å²) < 4.78 is 5.04. The maximum atomic E-state index is 12.8. The standard InChI is InChI=1S/C20H16N4O2/c25-20(19-10-11-23-26-19)24(13-17-12-21-14-22-17)18-8-6-16(7-9-18)15-4-2-1-3-5-15/h1-12,14H,13H2,(H,21,22). The number of aromatic amines is 1. The molecule has 2 aromatic heterocycles. The van der Waals surface area contributed by atoms with Crippen LogP contribution in [0, 0.1) is 0 Å². The molecule has 0 spiro atoms. The molecule has 0 unspecified atom stereocenters. The van der Waals surface area contributed by atoms with Gasteiger partial charge in [0.25, 0.3) is 5.91 Å². The Morgan fingerprint density at radius 2 is 1.77 bits per heavy atom. The van der Waals surface area contributed by atoms with Gasteiger partial charge in [0, 0.05) is 18.0 Å². The fraction of sp³-hybridized carbons (Fsp3) is 0.0500. The number of anilines is 1. The third kappa shape index (κ3) is 3.25. The van der Waals surface area contributed by atoms with Crippen molar-refractivity contribution in [3.05, 3.63) is 90.8 Å². The summed E-state index contributed by atoms with van der Waals surface area (Å²) in [5, 5.41) is 3.63. The number of benzene rings is 2. The van der Waals surface area contributed by atoms with Crippen LogP contribution in [0.15, 0.2) is 83.9 Å². The summed E-state index contributed by atoms with van der Waals surface area (Å²) in [4.78, 5) is 21.5. The topological polar surface area (TPSA) is 75.0 Å². The first-order chi connectivity index (χ1) is 12.8. The van der Waals surface area contributed by atoms with E-state index in [1.165, 1.54) is 6.20 Å². The van der Waals surface area contributed by atoms with E-state index in [9.17, 15) is 4.79 Å². The number of hydrogen-bond donors (Lipinski definition) is 1. The molecule has 2 heterocycles. The van der Waals surface area contributed by atoms with E-state index in [2.05, 4.69) is 27.3 Å². The summed E-state index contributed by atoms with van der Waals surface area (Å²) in [7, 11) is 0. The first kappa shape index (κ1) is 15.8. The number of nitrogens with one attached hydrogen (secondary N) is 1. The highest BCUT2D eigenvalue weighted by Crippen LogP contribution is 2.25. The van der Waals surface area contributed by atoms with E-state index >= 15 is 0 Å². The van der Waals surface area contributed by atoms with Gasteiger partial charge in [0.15, 0.2) is 0 Å². The SMILES string of the molecule is O=C(c1ccno1)N(Cc1cnc[nH]1)c1ccc(-c2ccccc2)cc1. The lowest BCUT2D eigenvalue weighted by Crippen LogP contribution is -2.30. The molecule has 0 aliphatic rings. The summed E-state index contributed by atoms with van der Waals surface area (Å²) in [6.45, 7) is 0.351. The fourth-order valence-electron chi connectivity index (χ4n) is 2.75. The third-order valence-electron chi connectivity index (χ3n) is 4.06. The minimum Gasteiger partial charge on any atom is -0.351 e. The predicted molar refractivity (Wildman–Crippen MR) is 97.5 cm³/mol. The van der Waals surface area contributed by atoms with E-state index in [1.807, 2.05) is 42.5 Å². The molecule has 0 atom stereocenters. The summed E-state index contributed by atoms with van der Waals surface area (Å²) in [6.07, 6.45) is 4.74. The molecule has 0 aliphatic carbocycles. The fourth-order valence-corrected chi connectivity index (χ4v) is 2.75. The second-order valence-corrected chi connectivity index (χ2v) is 5.76. The summed E-state index contributed by atoms with van der Waals surface area (Å²) in [6, 6.07) is 19.5. The Labute approximate surface area is 150 Å². The molecule has 2 aromatic carbocycles. The van der Waals surface area contributed by atoms with Crippen molar-refractivity contribution in [1.82, 2.24) is 15.1 Å². The zero-order valence-electron chi connectivity index (χ0n) is 13.9. The lowest BCUT2D eigenvalue weighted by atomic mass is 10.1. The molecule has 1 amide bonds. The molecule has 6 nitrogen and oxygen atoms in total. The van der Waals surface area contributed by atoms with Gasteiger partial charge in [0.2, 0.25) is 5.76 Å². The highest BCUT2D eigenvalue weighted by molar-refractivity contribution is 6.04. The molecule has 26 heavy (non-hydrogen) atoms. The van der Waals surface area contributed by atoms with Gasteiger partial charge < -0.3 is 9.51 Å². The monoisotopic (exact) mass is 344 g/mol. The predicted octanol–water partition coefficient (Wildman–Crippen LogP) is 3.91. The van der Waals surface area contributed by atoms with E-state index in [-0.39, 0.29) is 11.7 Å². The van der Waals surface area contributed by atoms with Gasteiger partial charge in [-0.2, -0.15) is 0 Å². The molecular formula is C20H16N4O2. The Morgan fingerprint density at radius 1 is 1.00 bits per heavy atom. The molecular weight excluding hydrogens is 328 g/mol. The Hall–Kier alpha value is -3.67. The maximum Gasteiger partial charge on any atom is 0.297 e. The number of imidazole rings is 1. The first-order valence-electron chi connectivity index (χ1n) is 8.16. The summed E-state index contributed by atoms with van der Waals surface area (Å²) in [5.41, 5.74) is 3.80. The van der Waals surface area contributed by atoms with Crippen LogP contribution in [-0.4, -0.2) is 21.0 Å². The third-order valence-corrected chi connectivity index (χ3v) is 4.06. The second kappa shape index (κ2) is 7.06. The van der Waals surface area contributed by atoms with Crippen molar-refractivity contribution in [2.24, 2.45) is 0 Å². The summed E-state index contributed by atoms with van der Waals surface area (Å²) in [5.74, 6) is -0.0683. The van der Waals surface area contributed by atoms with Crippen molar-refractivity contribution in [3.8, 4) is 11.1 Å². The van der Waals surface area contributed by atoms with Crippen LogP contribution in [0.4, 0.5) is 5.69 Å². The van der Waals surface area contributed by atoms with Crippen LogP contribution in [-0.2, 0) is 6.54 Å². The molecule has 4 aromatic rings. The van der Waals surface area contributed by atoms with Crippen LogP contribution in [0.5, 0.6) is 0 Å². The molecule has 0 radical (unpaired) electrons. The Balaban J connectivity index is 1.66. The molecule has 0 saturated heterocycles. The molecule has 0 fully saturated rings. The van der Waals surface area contributed by atoms with Crippen LogP contribution in [0.2, 0.25) is 0 Å². The Kier molecular flexibility index (Phi) is 4.30. The number of hydrogen-bond acceptors (Lipinski definition) is 4. The van der Waals surface area contributed by atoms with Crippen LogP contribution < -0.4 is 4.90 Å². The quantitative estimate of drug-likeness (QED) is 0.595. The lowest BCUT2D eigenvalue weighted by molar-refractivity contribution is 0.0949. The smallest absolute Gasteiger partial charge is 0.297 e. The van der Waals surface area contributed by atoms with Crippen molar-refractivity contribution < 1.29 is 9.32 Å². The van der Waals surface area contributed by atoms with Gasteiger partial charge in [-0.15, -0.1) is 0 Å². The van der Waals surface area contributed by atoms with Crippen LogP contribution in [0.25, 0.3) is 11.1 Å². The van der Waals surface area contributed by atoms with Gasteiger partial charge in [0.1, 0.15) is 0 Å². The van der Waals surface area contributed by atoms with Crippen LogP contribution in [0.1, 0.15) is 16.2 Å². The molecule has 128 valence electrons. The number of rotatable bonds is 5. The first-order valence-corrected chi connectivity index (χ1v) is 8.16. The average Bonchev–Trinajstić information content (AvgIpc) is 3.40. The van der Waals surface area contributed by atoms with Gasteiger partial charge in [0.05, 0.1) is 24.8 Å². The highest BCUT2D eigenvalue weighted by Gasteiger charge is 2.21. The van der Waals surface area contributed by atoms with E-state index in [0.717, 1.165) is 22.5 Å². The van der Waals surface area contributed by atoms with Gasteiger partial charge in [-0.1, -0.05) is 47.6 Å². The van der Waals surface area contributed by atoms with Crippen LogP contribution >= 0.6 is 0 Å². The average molecular weight is 344 g/mol. The van der Waals surface area contributed by atoms with Crippen molar-refractivity contribution in [2.75, 3.05) is 4.90 Å². The van der Waals surface area contributed by atoms with E-state index in [0.29, 0.717) is 6.54 Å². The van der Waals surface area contributed by atoms with Gasteiger partial charge in [-0.25, -0.2) is 4.98 Å². The number of amides is 1. The van der Waals surface area contributed by atoms with Gasteiger partial charge >= 0.3 is 0 Å². The zero-order chi connectivity index (χ0) is 17.8. The molecule has 6 heteroatoms. The van der Waals surface area contributed by atoms with Crippen LogP contribution in [0.3, 0.4) is 0 Å². The van der Waals surface area contributed by atoms with E-state index in [4.69, 9.17) is 4.52 Å². The number of H-pyrrole nitrogens is 1. The largest absolute Gasteiger partial charge is 0.351 e. The number of nitrogens with zero attached hydrogens (tertiary/aromatic N) is 3. The van der Waals surface area contributed by atoms with E-state index < -0.39 is 0 Å². The van der Waals surface area contributed by atoms with Crippen molar-refractivity contribution >= 4 is 11.6 Å². The number of carbonyl (C=O) groups is 1. The second-order valence-electron chi connectivity index (χ2n) is 5.76. The number of aromatic nitrogens is 3. The molecule has 1 N–H and O–H groups in total. The zero-order valence-corrected chi connectivity index (χ0v) is 13.9. The maximum absolute atomic E-state index is 12.8.